The Balaban J connectivity index is 1.89. The van der Waals surface area contributed by atoms with Gasteiger partial charge in [-0.2, -0.15) is 0 Å². The number of hydrogen-bond acceptors (Lipinski definition) is 1. The maximum absolute atomic E-state index is 13.0. The van der Waals surface area contributed by atoms with Crippen LogP contribution < -0.4 is 5.73 Å². The van der Waals surface area contributed by atoms with E-state index >= 15 is 0 Å². The third-order valence-corrected chi connectivity index (χ3v) is 3.34. The highest BCUT2D eigenvalue weighted by molar-refractivity contribution is 5.18. The zero-order valence-corrected chi connectivity index (χ0v) is 9.26. The molecule has 0 heterocycles. The number of benzene rings is 1. The molecule has 2 rings (SSSR count). The van der Waals surface area contributed by atoms with Gasteiger partial charge in [0.15, 0.2) is 11.6 Å². The van der Waals surface area contributed by atoms with E-state index in [1.807, 2.05) is 0 Å². The second kappa shape index (κ2) is 4.91. The molecule has 0 aromatic heterocycles. The van der Waals surface area contributed by atoms with Crippen molar-refractivity contribution in [1.82, 2.24) is 0 Å². The van der Waals surface area contributed by atoms with Gasteiger partial charge in [-0.25, -0.2) is 8.78 Å². The Hall–Kier alpha value is -0.960. The van der Waals surface area contributed by atoms with E-state index in [2.05, 4.69) is 0 Å². The van der Waals surface area contributed by atoms with Crippen molar-refractivity contribution in [3.05, 3.63) is 35.4 Å². The molecule has 1 aromatic rings. The van der Waals surface area contributed by atoms with Crippen LogP contribution in [0.4, 0.5) is 8.78 Å². The van der Waals surface area contributed by atoms with E-state index in [1.165, 1.54) is 31.4 Å². The normalized spacial score (nSPS) is 18.2. The summed E-state index contributed by atoms with van der Waals surface area (Å²) in [6.45, 7) is 0. The molecule has 1 nitrogen and oxygen atoms in total. The first-order valence-electron chi connectivity index (χ1n) is 5.84. The van der Waals surface area contributed by atoms with E-state index in [1.54, 1.807) is 6.07 Å². The van der Waals surface area contributed by atoms with Crippen LogP contribution >= 0.6 is 0 Å². The Morgan fingerprint density at radius 2 is 2.00 bits per heavy atom. The van der Waals surface area contributed by atoms with Gasteiger partial charge in [0, 0.05) is 6.04 Å². The van der Waals surface area contributed by atoms with Crippen molar-refractivity contribution in [3.63, 3.8) is 0 Å². The van der Waals surface area contributed by atoms with Gasteiger partial charge in [-0.3, -0.25) is 0 Å². The Bertz CT molecular complexity index is 361. The highest BCUT2D eigenvalue weighted by Crippen LogP contribution is 2.30. The highest BCUT2D eigenvalue weighted by atomic mass is 19.2. The molecule has 0 saturated heterocycles. The summed E-state index contributed by atoms with van der Waals surface area (Å²) < 4.78 is 25.7. The smallest absolute Gasteiger partial charge is 0.159 e. The quantitative estimate of drug-likeness (QED) is 0.837. The second-order valence-electron chi connectivity index (χ2n) is 4.75. The van der Waals surface area contributed by atoms with Gasteiger partial charge in [0.25, 0.3) is 0 Å². The lowest BCUT2D eigenvalue weighted by Crippen LogP contribution is -2.28. The van der Waals surface area contributed by atoms with Gasteiger partial charge < -0.3 is 5.73 Å². The molecule has 0 radical (unpaired) electrons. The molecule has 1 fully saturated rings. The molecule has 1 atom stereocenters. The monoisotopic (exact) mass is 225 g/mol. The zero-order valence-electron chi connectivity index (χ0n) is 9.26. The molecular weight excluding hydrogens is 208 g/mol. The summed E-state index contributed by atoms with van der Waals surface area (Å²) in [5.74, 6) is -0.829. The van der Waals surface area contributed by atoms with Crippen molar-refractivity contribution in [2.24, 2.45) is 11.7 Å². The van der Waals surface area contributed by atoms with Crippen molar-refractivity contribution < 1.29 is 8.78 Å². The second-order valence-corrected chi connectivity index (χ2v) is 4.75. The van der Waals surface area contributed by atoms with E-state index in [0.29, 0.717) is 6.42 Å². The molecule has 1 aliphatic rings. The maximum atomic E-state index is 13.0. The summed E-state index contributed by atoms with van der Waals surface area (Å²) in [5, 5.41) is 0. The fourth-order valence-corrected chi connectivity index (χ4v) is 2.21. The van der Waals surface area contributed by atoms with Gasteiger partial charge in [-0.05, 0) is 36.5 Å². The van der Waals surface area contributed by atoms with Gasteiger partial charge in [-0.1, -0.05) is 25.3 Å². The van der Waals surface area contributed by atoms with Crippen molar-refractivity contribution in [2.45, 2.75) is 38.1 Å². The van der Waals surface area contributed by atoms with Gasteiger partial charge in [-0.15, -0.1) is 0 Å². The molecule has 0 aliphatic heterocycles. The summed E-state index contributed by atoms with van der Waals surface area (Å²) in [5.41, 5.74) is 6.77. The molecule has 1 aromatic carbocycles. The molecule has 1 unspecified atom stereocenters. The summed E-state index contributed by atoms with van der Waals surface area (Å²) in [6.07, 6.45) is 5.48. The predicted octanol–water partition coefficient (Wildman–Crippen LogP) is 3.02. The minimum atomic E-state index is -0.795. The topological polar surface area (TPSA) is 26.0 Å². The average molecular weight is 225 g/mol. The number of rotatable bonds is 4. The summed E-state index contributed by atoms with van der Waals surface area (Å²) in [7, 11) is 0. The lowest BCUT2D eigenvalue weighted by Gasteiger charge is -2.28. The van der Waals surface area contributed by atoms with Crippen molar-refractivity contribution in [1.29, 1.82) is 0 Å². The van der Waals surface area contributed by atoms with Crippen LogP contribution in [-0.2, 0) is 6.42 Å². The first-order chi connectivity index (χ1) is 7.65. The van der Waals surface area contributed by atoms with E-state index in [4.69, 9.17) is 5.73 Å². The lowest BCUT2D eigenvalue weighted by molar-refractivity contribution is 0.275. The first-order valence-corrected chi connectivity index (χ1v) is 5.84. The average Bonchev–Trinajstić information content (AvgIpc) is 2.18. The number of hydrogen-bond donors (Lipinski definition) is 1. The van der Waals surface area contributed by atoms with Crippen LogP contribution in [0.25, 0.3) is 0 Å². The van der Waals surface area contributed by atoms with Crippen LogP contribution in [0, 0.1) is 17.6 Å². The third kappa shape index (κ3) is 2.79. The van der Waals surface area contributed by atoms with Crippen molar-refractivity contribution >= 4 is 0 Å². The lowest BCUT2D eigenvalue weighted by atomic mass is 9.80. The van der Waals surface area contributed by atoms with Crippen molar-refractivity contribution in [2.75, 3.05) is 0 Å². The van der Waals surface area contributed by atoms with Crippen LogP contribution in [-0.4, -0.2) is 6.04 Å². The zero-order chi connectivity index (χ0) is 11.5. The van der Waals surface area contributed by atoms with E-state index in [0.717, 1.165) is 17.9 Å². The Morgan fingerprint density at radius 3 is 2.56 bits per heavy atom. The first kappa shape index (κ1) is 11.5. The van der Waals surface area contributed by atoms with Gasteiger partial charge in [0.2, 0.25) is 0 Å². The molecule has 0 amide bonds. The molecule has 88 valence electrons. The molecule has 0 spiro atoms. The molecule has 0 bridgehead atoms. The number of halogens is 2. The molecule has 1 saturated carbocycles. The Labute approximate surface area is 94.7 Å². The molecule has 3 heteroatoms. The minimum absolute atomic E-state index is 0.0650. The summed E-state index contributed by atoms with van der Waals surface area (Å²) in [6, 6.07) is 4.09. The van der Waals surface area contributed by atoms with Crippen LogP contribution in [0.15, 0.2) is 18.2 Å². The molecule has 16 heavy (non-hydrogen) atoms. The van der Waals surface area contributed by atoms with Gasteiger partial charge >= 0.3 is 0 Å². The Kier molecular flexibility index (Phi) is 3.54. The fraction of sp³-hybridized carbons (Fsp3) is 0.538. The standard InChI is InChI=1S/C13H17F2N/c14-12-5-4-10(8-13(12)15)7-11(16)6-9-2-1-3-9/h4-5,8-9,11H,1-3,6-7,16H2. The van der Waals surface area contributed by atoms with Crippen LogP contribution in [0.5, 0.6) is 0 Å². The van der Waals surface area contributed by atoms with Crippen LogP contribution in [0.1, 0.15) is 31.2 Å². The highest BCUT2D eigenvalue weighted by Gasteiger charge is 2.20. The third-order valence-electron chi connectivity index (χ3n) is 3.34. The van der Waals surface area contributed by atoms with Crippen molar-refractivity contribution in [3.8, 4) is 0 Å². The van der Waals surface area contributed by atoms with Gasteiger partial charge in [0.05, 0.1) is 0 Å². The summed E-state index contributed by atoms with van der Waals surface area (Å²) >= 11 is 0. The van der Waals surface area contributed by atoms with Crippen LogP contribution in [0.3, 0.4) is 0 Å². The molecule has 2 N–H and O–H groups in total. The number of nitrogens with two attached hydrogens (primary N) is 1. The van der Waals surface area contributed by atoms with Crippen LogP contribution in [0.2, 0.25) is 0 Å². The largest absolute Gasteiger partial charge is 0.327 e. The van der Waals surface area contributed by atoms with E-state index in [9.17, 15) is 8.78 Å². The molecular formula is C13H17F2N. The van der Waals surface area contributed by atoms with E-state index in [-0.39, 0.29) is 6.04 Å². The minimum Gasteiger partial charge on any atom is -0.327 e. The summed E-state index contributed by atoms with van der Waals surface area (Å²) in [4.78, 5) is 0. The predicted molar refractivity (Wildman–Crippen MR) is 60.0 cm³/mol. The SMILES string of the molecule is NC(Cc1ccc(F)c(F)c1)CC1CCC1. The maximum Gasteiger partial charge on any atom is 0.159 e. The Morgan fingerprint density at radius 1 is 1.25 bits per heavy atom. The fourth-order valence-electron chi connectivity index (χ4n) is 2.21. The van der Waals surface area contributed by atoms with E-state index < -0.39 is 11.6 Å². The molecule has 1 aliphatic carbocycles. The van der Waals surface area contributed by atoms with Gasteiger partial charge in [0.1, 0.15) is 0 Å².